The van der Waals surface area contributed by atoms with Gasteiger partial charge in [0.15, 0.2) is 0 Å². The van der Waals surface area contributed by atoms with Crippen LogP contribution in [0.1, 0.15) is 38.2 Å². The van der Waals surface area contributed by atoms with Crippen molar-refractivity contribution in [2.24, 2.45) is 0 Å². The Balaban J connectivity index is 2.63. The minimum atomic E-state index is -0.331. The standard InChI is InChI=1S/C15H20O/c1-3-4-5-9-12-15(2,13-16)14-10-7-6-8-11-14/h3,6-8,10-11,13H,1,4-5,9,12H2,2H3/t15-/m1/s1. The van der Waals surface area contributed by atoms with Crippen LogP contribution in [-0.2, 0) is 10.2 Å². The molecule has 0 unspecified atom stereocenters. The van der Waals surface area contributed by atoms with Crippen molar-refractivity contribution in [2.75, 3.05) is 0 Å². The molecule has 0 spiro atoms. The Bertz CT molecular complexity index is 329. The van der Waals surface area contributed by atoms with Crippen LogP contribution in [0.4, 0.5) is 0 Å². The second-order valence-corrected chi connectivity index (χ2v) is 4.44. The van der Waals surface area contributed by atoms with Gasteiger partial charge in [-0.25, -0.2) is 0 Å². The van der Waals surface area contributed by atoms with Crippen molar-refractivity contribution in [3.8, 4) is 0 Å². The lowest BCUT2D eigenvalue weighted by molar-refractivity contribution is -0.112. The van der Waals surface area contributed by atoms with Gasteiger partial charge in [0.05, 0.1) is 0 Å². The monoisotopic (exact) mass is 216 g/mol. The molecule has 0 saturated carbocycles. The second kappa shape index (κ2) is 6.26. The second-order valence-electron chi connectivity index (χ2n) is 4.44. The Kier molecular flexibility index (Phi) is 4.97. The van der Waals surface area contributed by atoms with Gasteiger partial charge < -0.3 is 4.79 Å². The minimum absolute atomic E-state index is 0.331. The summed E-state index contributed by atoms with van der Waals surface area (Å²) in [5, 5.41) is 0. The van der Waals surface area contributed by atoms with Gasteiger partial charge in [0.1, 0.15) is 6.29 Å². The lowest BCUT2D eigenvalue weighted by atomic mass is 9.79. The number of hydrogen-bond acceptors (Lipinski definition) is 1. The fraction of sp³-hybridized carbons (Fsp3) is 0.400. The van der Waals surface area contributed by atoms with E-state index < -0.39 is 0 Å². The van der Waals surface area contributed by atoms with Gasteiger partial charge in [-0.05, 0) is 31.7 Å². The average Bonchev–Trinajstić information content (AvgIpc) is 2.35. The van der Waals surface area contributed by atoms with Crippen LogP contribution < -0.4 is 0 Å². The molecular formula is C15H20O. The van der Waals surface area contributed by atoms with Gasteiger partial charge in [0.25, 0.3) is 0 Å². The highest BCUT2D eigenvalue weighted by Crippen LogP contribution is 2.27. The summed E-state index contributed by atoms with van der Waals surface area (Å²) >= 11 is 0. The van der Waals surface area contributed by atoms with E-state index in [1.807, 2.05) is 43.3 Å². The molecule has 0 radical (unpaired) electrons. The van der Waals surface area contributed by atoms with E-state index in [1.165, 1.54) is 0 Å². The first-order valence-electron chi connectivity index (χ1n) is 5.86. The predicted molar refractivity (Wildman–Crippen MR) is 68.5 cm³/mol. The summed E-state index contributed by atoms with van der Waals surface area (Å²) in [5.41, 5.74) is 0.784. The summed E-state index contributed by atoms with van der Waals surface area (Å²) in [5.74, 6) is 0. The number of allylic oxidation sites excluding steroid dienone is 1. The molecule has 0 heterocycles. The molecule has 0 amide bonds. The van der Waals surface area contributed by atoms with Crippen molar-refractivity contribution in [3.63, 3.8) is 0 Å². The molecule has 1 rings (SSSR count). The van der Waals surface area contributed by atoms with E-state index in [1.54, 1.807) is 0 Å². The zero-order valence-corrected chi connectivity index (χ0v) is 9.99. The van der Waals surface area contributed by atoms with Crippen LogP contribution in [0.25, 0.3) is 0 Å². The summed E-state index contributed by atoms with van der Waals surface area (Å²) in [6, 6.07) is 10.0. The van der Waals surface area contributed by atoms with Crippen LogP contribution in [0.2, 0.25) is 0 Å². The number of carbonyl (C=O) groups is 1. The number of hydrogen-bond donors (Lipinski definition) is 0. The molecule has 1 nitrogen and oxygen atoms in total. The van der Waals surface area contributed by atoms with Gasteiger partial charge in [-0.15, -0.1) is 6.58 Å². The molecule has 0 aliphatic rings. The largest absolute Gasteiger partial charge is 0.302 e. The Labute approximate surface area is 98.2 Å². The van der Waals surface area contributed by atoms with Crippen molar-refractivity contribution >= 4 is 6.29 Å². The number of carbonyl (C=O) groups excluding carboxylic acids is 1. The van der Waals surface area contributed by atoms with Crippen molar-refractivity contribution in [2.45, 2.75) is 38.0 Å². The number of rotatable bonds is 7. The molecule has 0 aliphatic heterocycles. The molecule has 1 aromatic carbocycles. The first kappa shape index (κ1) is 12.7. The van der Waals surface area contributed by atoms with Gasteiger partial charge >= 0.3 is 0 Å². The van der Waals surface area contributed by atoms with E-state index in [0.717, 1.165) is 37.5 Å². The summed E-state index contributed by atoms with van der Waals surface area (Å²) in [6.07, 6.45) is 7.13. The Morgan fingerprint density at radius 3 is 2.50 bits per heavy atom. The van der Waals surface area contributed by atoms with Crippen LogP contribution in [0.3, 0.4) is 0 Å². The molecular weight excluding hydrogens is 196 g/mol. The normalized spacial score (nSPS) is 14.1. The fourth-order valence-corrected chi connectivity index (χ4v) is 1.87. The first-order chi connectivity index (χ1) is 7.73. The van der Waals surface area contributed by atoms with Crippen LogP contribution in [-0.4, -0.2) is 6.29 Å². The topological polar surface area (TPSA) is 17.1 Å². The zero-order chi connectivity index (χ0) is 11.9. The molecule has 0 saturated heterocycles. The maximum atomic E-state index is 11.3. The summed E-state index contributed by atoms with van der Waals surface area (Å²) in [6.45, 7) is 5.72. The van der Waals surface area contributed by atoms with E-state index >= 15 is 0 Å². The van der Waals surface area contributed by atoms with Crippen molar-refractivity contribution in [1.82, 2.24) is 0 Å². The molecule has 0 N–H and O–H groups in total. The number of aldehydes is 1. The van der Waals surface area contributed by atoms with Crippen molar-refractivity contribution < 1.29 is 4.79 Å². The molecule has 0 fully saturated rings. The predicted octanol–water partition coefficient (Wildman–Crippen LogP) is 3.89. The van der Waals surface area contributed by atoms with Crippen LogP contribution in [0.5, 0.6) is 0 Å². The van der Waals surface area contributed by atoms with E-state index in [0.29, 0.717) is 0 Å². The lowest BCUT2D eigenvalue weighted by Crippen LogP contribution is -2.23. The SMILES string of the molecule is C=CCCCC[C@](C)(C=O)c1ccccc1. The Morgan fingerprint density at radius 1 is 1.25 bits per heavy atom. The molecule has 16 heavy (non-hydrogen) atoms. The quantitative estimate of drug-likeness (QED) is 0.384. The third-order valence-corrected chi connectivity index (χ3v) is 3.05. The van der Waals surface area contributed by atoms with Gasteiger partial charge in [0, 0.05) is 5.41 Å². The minimum Gasteiger partial charge on any atom is -0.302 e. The smallest absolute Gasteiger partial charge is 0.130 e. The highest BCUT2D eigenvalue weighted by molar-refractivity contribution is 5.67. The van der Waals surface area contributed by atoms with Crippen molar-refractivity contribution in [3.05, 3.63) is 48.6 Å². The first-order valence-corrected chi connectivity index (χ1v) is 5.86. The van der Waals surface area contributed by atoms with Crippen LogP contribution in [0, 0.1) is 0 Å². The third-order valence-electron chi connectivity index (χ3n) is 3.05. The van der Waals surface area contributed by atoms with Gasteiger partial charge in [-0.3, -0.25) is 0 Å². The molecule has 1 heteroatoms. The summed E-state index contributed by atoms with van der Waals surface area (Å²) in [7, 11) is 0. The molecule has 0 aromatic heterocycles. The maximum absolute atomic E-state index is 11.3. The van der Waals surface area contributed by atoms with Crippen LogP contribution in [0.15, 0.2) is 43.0 Å². The average molecular weight is 216 g/mol. The summed E-state index contributed by atoms with van der Waals surface area (Å²) in [4.78, 5) is 11.3. The highest BCUT2D eigenvalue weighted by atomic mass is 16.1. The zero-order valence-electron chi connectivity index (χ0n) is 9.99. The third kappa shape index (κ3) is 3.34. The number of unbranched alkanes of at least 4 members (excludes halogenated alkanes) is 2. The van der Waals surface area contributed by atoms with E-state index in [9.17, 15) is 4.79 Å². The fourth-order valence-electron chi connectivity index (χ4n) is 1.87. The Morgan fingerprint density at radius 2 is 1.94 bits per heavy atom. The lowest BCUT2D eigenvalue weighted by Gasteiger charge is -2.23. The maximum Gasteiger partial charge on any atom is 0.130 e. The van der Waals surface area contributed by atoms with E-state index in [2.05, 4.69) is 6.58 Å². The molecule has 0 aliphatic carbocycles. The van der Waals surface area contributed by atoms with Gasteiger partial charge in [-0.2, -0.15) is 0 Å². The van der Waals surface area contributed by atoms with E-state index in [-0.39, 0.29) is 5.41 Å². The number of benzene rings is 1. The van der Waals surface area contributed by atoms with E-state index in [4.69, 9.17) is 0 Å². The summed E-state index contributed by atoms with van der Waals surface area (Å²) < 4.78 is 0. The highest BCUT2D eigenvalue weighted by Gasteiger charge is 2.24. The molecule has 1 atom stereocenters. The van der Waals surface area contributed by atoms with Crippen molar-refractivity contribution in [1.29, 1.82) is 0 Å². The molecule has 0 bridgehead atoms. The van der Waals surface area contributed by atoms with Crippen LogP contribution >= 0.6 is 0 Å². The van der Waals surface area contributed by atoms with Gasteiger partial charge in [0.2, 0.25) is 0 Å². The van der Waals surface area contributed by atoms with Gasteiger partial charge in [-0.1, -0.05) is 42.8 Å². The molecule has 1 aromatic rings. The molecule has 86 valence electrons. The Hall–Kier alpha value is -1.37.